The number of hydrogen-bond donors (Lipinski definition) is 2. The van der Waals surface area contributed by atoms with Gasteiger partial charge in [0.25, 0.3) is 5.56 Å². The summed E-state index contributed by atoms with van der Waals surface area (Å²) in [5.74, 6) is 0. The second kappa shape index (κ2) is 4.93. The molecule has 8 heteroatoms. The first-order valence-electron chi connectivity index (χ1n) is 6.02. The summed E-state index contributed by atoms with van der Waals surface area (Å²) in [6.07, 6.45) is 2.76. The van der Waals surface area contributed by atoms with Crippen LogP contribution in [0.2, 0.25) is 0 Å². The van der Waals surface area contributed by atoms with Crippen molar-refractivity contribution in [3.8, 4) is 0 Å². The Bertz CT molecular complexity index is 662. The Kier molecular flexibility index (Phi) is 3.42. The van der Waals surface area contributed by atoms with Gasteiger partial charge in [0, 0.05) is 0 Å². The van der Waals surface area contributed by atoms with Crippen molar-refractivity contribution in [3.05, 3.63) is 20.5 Å². The largest absolute Gasteiger partial charge is 0.388 e. The van der Waals surface area contributed by atoms with Crippen LogP contribution in [-0.4, -0.2) is 37.7 Å². The highest BCUT2D eigenvalue weighted by Crippen LogP contribution is 2.24. The number of aliphatic hydroxyl groups is 1. The monoisotopic (exact) mass is 344 g/mol. The Labute approximate surface area is 121 Å². The van der Waals surface area contributed by atoms with E-state index in [1.54, 1.807) is 0 Å². The minimum Gasteiger partial charge on any atom is -0.388 e. The van der Waals surface area contributed by atoms with E-state index in [1.807, 2.05) is 0 Å². The molecule has 1 saturated heterocycles. The van der Waals surface area contributed by atoms with Crippen LogP contribution in [0.25, 0.3) is 11.0 Å². The molecule has 0 spiro atoms. The van der Waals surface area contributed by atoms with Crippen molar-refractivity contribution in [2.24, 2.45) is 0 Å². The smallest absolute Gasteiger partial charge is 0.281 e. The minimum absolute atomic E-state index is 0.195. The van der Waals surface area contributed by atoms with Crippen LogP contribution in [0.3, 0.4) is 0 Å². The van der Waals surface area contributed by atoms with Crippen molar-refractivity contribution in [1.82, 2.24) is 19.2 Å². The molecule has 0 aromatic carbocycles. The van der Waals surface area contributed by atoms with E-state index in [4.69, 9.17) is 0 Å². The summed E-state index contributed by atoms with van der Waals surface area (Å²) in [6.45, 7) is 1.80. The van der Waals surface area contributed by atoms with E-state index < -0.39 is 5.60 Å². The summed E-state index contributed by atoms with van der Waals surface area (Å²) in [5, 5.41) is 13.7. The summed E-state index contributed by atoms with van der Waals surface area (Å²) < 4.78 is 6.31. The number of piperidine rings is 1. The van der Waals surface area contributed by atoms with Crippen LogP contribution in [-0.2, 0) is 6.54 Å². The molecule has 0 unspecified atom stereocenters. The molecule has 0 atom stereocenters. The summed E-state index contributed by atoms with van der Waals surface area (Å²) in [7, 11) is 0. The summed E-state index contributed by atoms with van der Waals surface area (Å²) in [5.41, 5.74) is -0.0862. The lowest BCUT2D eigenvalue weighted by atomic mass is 9.92. The van der Waals surface area contributed by atoms with Gasteiger partial charge in [-0.1, -0.05) is 0 Å². The molecule has 0 bridgehead atoms. The molecule has 2 N–H and O–H groups in total. The zero-order valence-electron chi connectivity index (χ0n) is 10.1. The van der Waals surface area contributed by atoms with E-state index in [0.29, 0.717) is 23.9 Å². The Morgan fingerprint density at radius 1 is 1.47 bits per heavy atom. The van der Waals surface area contributed by atoms with Crippen molar-refractivity contribution in [3.63, 3.8) is 0 Å². The van der Waals surface area contributed by atoms with Gasteiger partial charge in [0.2, 0.25) is 0 Å². The molecular formula is C11H13BrN4O2S. The van der Waals surface area contributed by atoms with E-state index in [9.17, 15) is 9.90 Å². The van der Waals surface area contributed by atoms with Crippen LogP contribution in [0.1, 0.15) is 12.8 Å². The maximum atomic E-state index is 12.3. The molecule has 3 heterocycles. The lowest BCUT2D eigenvalue weighted by Gasteiger charge is -2.32. The molecule has 0 radical (unpaired) electrons. The van der Waals surface area contributed by atoms with Crippen LogP contribution in [0.5, 0.6) is 0 Å². The Morgan fingerprint density at radius 3 is 2.95 bits per heavy atom. The molecule has 2 aromatic rings. The standard InChI is InChI=1S/C11H13BrN4O2S/c12-9-7-8(15-19-9)10(17)16(6-14-7)5-11(18)1-3-13-4-2-11/h6,13,18H,1-5H2. The predicted molar refractivity (Wildman–Crippen MR) is 76.4 cm³/mol. The van der Waals surface area contributed by atoms with Crippen molar-refractivity contribution in [2.75, 3.05) is 13.1 Å². The average molecular weight is 345 g/mol. The van der Waals surface area contributed by atoms with E-state index in [0.717, 1.165) is 16.9 Å². The van der Waals surface area contributed by atoms with Gasteiger partial charge in [-0.25, -0.2) is 4.98 Å². The Hall–Kier alpha value is -0.830. The number of nitrogens with one attached hydrogen (secondary N) is 1. The average Bonchev–Trinajstić information content (AvgIpc) is 2.76. The van der Waals surface area contributed by atoms with Gasteiger partial charge in [0.05, 0.1) is 18.5 Å². The highest BCUT2D eigenvalue weighted by molar-refractivity contribution is 9.11. The number of halogens is 1. The normalized spacial score (nSPS) is 18.8. The number of fused-ring (bicyclic) bond motifs is 1. The van der Waals surface area contributed by atoms with Crippen molar-refractivity contribution in [2.45, 2.75) is 25.0 Å². The third-order valence-corrected chi connectivity index (χ3v) is 4.85. The van der Waals surface area contributed by atoms with Crippen LogP contribution in [0, 0.1) is 0 Å². The molecule has 1 aliphatic rings. The van der Waals surface area contributed by atoms with Gasteiger partial charge in [0.1, 0.15) is 9.30 Å². The first-order chi connectivity index (χ1) is 9.09. The topological polar surface area (TPSA) is 80.0 Å². The SMILES string of the molecule is O=c1c2nsc(Br)c2ncn1CC1(O)CCNCC1. The van der Waals surface area contributed by atoms with Crippen molar-refractivity contribution in [1.29, 1.82) is 0 Å². The molecule has 1 aliphatic heterocycles. The van der Waals surface area contributed by atoms with Gasteiger partial charge >= 0.3 is 0 Å². The fraction of sp³-hybridized carbons (Fsp3) is 0.545. The fourth-order valence-electron chi connectivity index (χ4n) is 2.31. The van der Waals surface area contributed by atoms with Gasteiger partial charge in [-0.15, -0.1) is 0 Å². The molecule has 0 aliphatic carbocycles. The molecular weight excluding hydrogens is 332 g/mol. The third kappa shape index (κ3) is 2.45. The second-order valence-electron chi connectivity index (χ2n) is 4.81. The van der Waals surface area contributed by atoms with Crippen molar-refractivity contribution < 1.29 is 5.11 Å². The molecule has 102 valence electrons. The predicted octanol–water partition coefficient (Wildman–Crippen LogP) is 0.730. The number of rotatable bonds is 2. The Balaban J connectivity index is 1.97. The molecule has 19 heavy (non-hydrogen) atoms. The summed E-state index contributed by atoms with van der Waals surface area (Å²) >= 11 is 4.53. The lowest BCUT2D eigenvalue weighted by molar-refractivity contribution is -0.00628. The maximum absolute atomic E-state index is 12.3. The van der Waals surface area contributed by atoms with Crippen LogP contribution in [0.4, 0.5) is 0 Å². The van der Waals surface area contributed by atoms with E-state index in [-0.39, 0.29) is 12.1 Å². The molecule has 1 fully saturated rings. The zero-order valence-corrected chi connectivity index (χ0v) is 12.5. The van der Waals surface area contributed by atoms with Crippen LogP contribution in [0.15, 0.2) is 14.9 Å². The zero-order chi connectivity index (χ0) is 13.5. The van der Waals surface area contributed by atoms with E-state index >= 15 is 0 Å². The maximum Gasteiger partial charge on any atom is 0.281 e. The van der Waals surface area contributed by atoms with E-state index in [1.165, 1.54) is 22.4 Å². The van der Waals surface area contributed by atoms with Gasteiger partial charge in [-0.2, -0.15) is 4.37 Å². The first-order valence-corrected chi connectivity index (χ1v) is 7.59. The molecule has 3 rings (SSSR count). The number of hydrogen-bond acceptors (Lipinski definition) is 6. The third-order valence-electron chi connectivity index (χ3n) is 3.42. The van der Waals surface area contributed by atoms with Crippen LogP contribution >= 0.6 is 27.5 Å². The minimum atomic E-state index is -0.836. The second-order valence-corrected chi connectivity index (χ2v) is 6.90. The van der Waals surface area contributed by atoms with Gasteiger partial charge < -0.3 is 10.4 Å². The van der Waals surface area contributed by atoms with E-state index in [2.05, 4.69) is 30.6 Å². The molecule has 2 aromatic heterocycles. The number of aromatic nitrogens is 3. The van der Waals surface area contributed by atoms with Gasteiger partial charge in [-0.05, 0) is 53.4 Å². The van der Waals surface area contributed by atoms with Crippen molar-refractivity contribution >= 4 is 38.5 Å². The quantitative estimate of drug-likeness (QED) is 0.839. The van der Waals surface area contributed by atoms with Gasteiger partial charge in [0.15, 0.2) is 5.52 Å². The highest BCUT2D eigenvalue weighted by atomic mass is 79.9. The fourth-order valence-corrected chi connectivity index (χ4v) is 3.39. The highest BCUT2D eigenvalue weighted by Gasteiger charge is 2.30. The van der Waals surface area contributed by atoms with Crippen LogP contribution < -0.4 is 10.9 Å². The first kappa shape index (κ1) is 13.2. The molecule has 6 nitrogen and oxygen atoms in total. The summed E-state index contributed by atoms with van der Waals surface area (Å²) in [4.78, 5) is 16.5. The Morgan fingerprint density at radius 2 is 2.21 bits per heavy atom. The summed E-state index contributed by atoms with van der Waals surface area (Å²) in [6, 6.07) is 0. The molecule has 0 amide bonds. The van der Waals surface area contributed by atoms with Gasteiger partial charge in [-0.3, -0.25) is 9.36 Å². The molecule has 0 saturated carbocycles. The lowest BCUT2D eigenvalue weighted by Crippen LogP contribution is -2.46. The number of nitrogens with zero attached hydrogens (tertiary/aromatic N) is 3.